The summed E-state index contributed by atoms with van der Waals surface area (Å²) in [5.74, 6) is 0.507. The molecule has 6 heteroatoms. The standard InChI is InChI=1S/C19H16F3NO2/c1-12-17(16(24)11-13-5-3-2-4-6-13)25-18(23-12)14-7-9-15(10-8-14)19(20,21)22/h2-10,16,24H,11H2,1H3. The van der Waals surface area contributed by atoms with Gasteiger partial charge in [0.1, 0.15) is 6.10 Å². The van der Waals surface area contributed by atoms with Crippen LogP contribution in [0.1, 0.15) is 28.7 Å². The van der Waals surface area contributed by atoms with Gasteiger partial charge >= 0.3 is 6.18 Å². The molecule has 0 fully saturated rings. The average molecular weight is 347 g/mol. The van der Waals surface area contributed by atoms with E-state index in [1.165, 1.54) is 12.1 Å². The highest BCUT2D eigenvalue weighted by Crippen LogP contribution is 2.32. The maximum Gasteiger partial charge on any atom is 0.416 e. The van der Waals surface area contributed by atoms with Crippen molar-refractivity contribution in [3.05, 3.63) is 77.2 Å². The number of oxazole rings is 1. The van der Waals surface area contributed by atoms with Crippen LogP contribution in [0.2, 0.25) is 0 Å². The summed E-state index contributed by atoms with van der Waals surface area (Å²) in [7, 11) is 0. The third-order valence-corrected chi connectivity index (χ3v) is 3.87. The van der Waals surface area contributed by atoms with Crippen LogP contribution in [0.15, 0.2) is 59.0 Å². The lowest BCUT2D eigenvalue weighted by Crippen LogP contribution is -2.03. The molecule has 3 rings (SSSR count). The fourth-order valence-corrected chi connectivity index (χ4v) is 2.57. The van der Waals surface area contributed by atoms with Gasteiger partial charge < -0.3 is 9.52 Å². The summed E-state index contributed by atoms with van der Waals surface area (Å²) in [6.45, 7) is 1.70. The number of hydrogen-bond donors (Lipinski definition) is 1. The molecule has 0 saturated carbocycles. The molecular formula is C19H16F3NO2. The molecule has 0 aliphatic rings. The maximum absolute atomic E-state index is 12.6. The first-order valence-corrected chi connectivity index (χ1v) is 7.71. The monoisotopic (exact) mass is 347 g/mol. The van der Waals surface area contributed by atoms with Crippen LogP contribution in [0.4, 0.5) is 13.2 Å². The molecule has 3 aromatic rings. The molecular weight excluding hydrogens is 331 g/mol. The van der Waals surface area contributed by atoms with Crippen molar-refractivity contribution in [2.75, 3.05) is 0 Å². The van der Waals surface area contributed by atoms with Crippen molar-refractivity contribution in [2.24, 2.45) is 0 Å². The van der Waals surface area contributed by atoms with E-state index >= 15 is 0 Å². The lowest BCUT2D eigenvalue weighted by atomic mass is 10.1. The zero-order valence-electron chi connectivity index (χ0n) is 13.4. The molecule has 1 heterocycles. The van der Waals surface area contributed by atoms with Crippen LogP contribution in [-0.4, -0.2) is 10.1 Å². The Labute approximate surface area is 142 Å². The number of benzene rings is 2. The number of aromatic nitrogens is 1. The molecule has 1 aromatic heterocycles. The second kappa shape index (κ2) is 6.72. The van der Waals surface area contributed by atoms with Gasteiger partial charge in [-0.2, -0.15) is 13.2 Å². The van der Waals surface area contributed by atoms with Gasteiger partial charge in [-0.1, -0.05) is 30.3 Å². The van der Waals surface area contributed by atoms with Gasteiger partial charge in [-0.15, -0.1) is 0 Å². The van der Waals surface area contributed by atoms with Crippen LogP contribution in [0, 0.1) is 6.92 Å². The second-order valence-electron chi connectivity index (χ2n) is 5.75. The number of aliphatic hydroxyl groups excluding tert-OH is 1. The predicted octanol–water partition coefficient (Wildman–Crippen LogP) is 4.94. The summed E-state index contributed by atoms with van der Waals surface area (Å²) < 4.78 is 43.5. The largest absolute Gasteiger partial charge is 0.438 e. The van der Waals surface area contributed by atoms with Crippen LogP contribution in [0.5, 0.6) is 0 Å². The normalized spacial score (nSPS) is 13.0. The van der Waals surface area contributed by atoms with E-state index in [9.17, 15) is 18.3 Å². The Morgan fingerprint density at radius 2 is 1.68 bits per heavy atom. The number of aliphatic hydroxyl groups is 1. The highest BCUT2D eigenvalue weighted by Gasteiger charge is 2.30. The van der Waals surface area contributed by atoms with Gasteiger partial charge in [-0.3, -0.25) is 0 Å². The summed E-state index contributed by atoms with van der Waals surface area (Å²) in [6, 6.07) is 14.0. The van der Waals surface area contributed by atoms with Crippen LogP contribution in [0.3, 0.4) is 0 Å². The van der Waals surface area contributed by atoms with Gasteiger partial charge in [0, 0.05) is 12.0 Å². The van der Waals surface area contributed by atoms with E-state index in [0.717, 1.165) is 17.7 Å². The summed E-state index contributed by atoms with van der Waals surface area (Å²) in [6.07, 6.45) is -4.90. The zero-order chi connectivity index (χ0) is 18.0. The molecule has 0 saturated heterocycles. The van der Waals surface area contributed by atoms with Gasteiger partial charge in [0.2, 0.25) is 5.89 Å². The molecule has 130 valence electrons. The molecule has 3 nitrogen and oxygen atoms in total. The topological polar surface area (TPSA) is 46.3 Å². The molecule has 1 atom stereocenters. The van der Waals surface area contributed by atoms with Gasteiger partial charge in [-0.05, 0) is 36.8 Å². The number of aryl methyl sites for hydroxylation is 1. The third-order valence-electron chi connectivity index (χ3n) is 3.87. The number of nitrogens with zero attached hydrogens (tertiary/aromatic N) is 1. The first-order chi connectivity index (χ1) is 11.8. The SMILES string of the molecule is Cc1nc(-c2ccc(C(F)(F)F)cc2)oc1C(O)Cc1ccccc1. The molecule has 0 aliphatic carbocycles. The van der Waals surface area contributed by atoms with E-state index in [-0.39, 0.29) is 5.89 Å². The van der Waals surface area contributed by atoms with E-state index in [0.29, 0.717) is 23.4 Å². The average Bonchev–Trinajstić information content (AvgIpc) is 2.97. The molecule has 25 heavy (non-hydrogen) atoms. The minimum Gasteiger partial charge on any atom is -0.438 e. The quantitative estimate of drug-likeness (QED) is 0.727. The first kappa shape index (κ1) is 17.2. The maximum atomic E-state index is 12.6. The molecule has 2 aromatic carbocycles. The molecule has 0 spiro atoms. The van der Waals surface area contributed by atoms with Crippen LogP contribution >= 0.6 is 0 Å². The highest BCUT2D eigenvalue weighted by molar-refractivity contribution is 5.54. The summed E-state index contributed by atoms with van der Waals surface area (Å²) in [4.78, 5) is 4.23. The van der Waals surface area contributed by atoms with E-state index < -0.39 is 17.8 Å². The fourth-order valence-electron chi connectivity index (χ4n) is 2.57. The Balaban J connectivity index is 1.82. The first-order valence-electron chi connectivity index (χ1n) is 7.71. The molecule has 0 radical (unpaired) electrons. The Morgan fingerprint density at radius 1 is 1.04 bits per heavy atom. The Hall–Kier alpha value is -2.60. The number of halogens is 3. The van der Waals surface area contributed by atoms with Crippen molar-refractivity contribution in [2.45, 2.75) is 25.6 Å². The lowest BCUT2D eigenvalue weighted by Gasteiger charge is -2.08. The van der Waals surface area contributed by atoms with Crippen molar-refractivity contribution in [1.29, 1.82) is 0 Å². The summed E-state index contributed by atoms with van der Waals surface area (Å²) in [5, 5.41) is 10.4. The Kier molecular flexibility index (Phi) is 4.63. The predicted molar refractivity (Wildman–Crippen MR) is 86.8 cm³/mol. The highest BCUT2D eigenvalue weighted by atomic mass is 19.4. The minimum atomic E-state index is -4.39. The van der Waals surface area contributed by atoms with Crippen molar-refractivity contribution >= 4 is 0 Å². The zero-order valence-corrected chi connectivity index (χ0v) is 13.4. The van der Waals surface area contributed by atoms with Gasteiger partial charge in [0.05, 0.1) is 11.3 Å². The molecule has 0 bridgehead atoms. The van der Waals surface area contributed by atoms with Gasteiger partial charge in [-0.25, -0.2) is 4.98 Å². The molecule has 1 unspecified atom stereocenters. The Bertz CT molecular complexity index is 839. The number of rotatable bonds is 4. The minimum absolute atomic E-state index is 0.188. The molecule has 0 aliphatic heterocycles. The third kappa shape index (κ3) is 3.91. The van der Waals surface area contributed by atoms with Crippen molar-refractivity contribution in [3.63, 3.8) is 0 Å². The number of hydrogen-bond acceptors (Lipinski definition) is 3. The van der Waals surface area contributed by atoms with E-state index in [1.807, 2.05) is 30.3 Å². The van der Waals surface area contributed by atoms with Gasteiger partial charge in [0.15, 0.2) is 5.76 Å². The Morgan fingerprint density at radius 3 is 2.28 bits per heavy atom. The van der Waals surface area contributed by atoms with Crippen molar-refractivity contribution in [3.8, 4) is 11.5 Å². The summed E-state index contributed by atoms with van der Waals surface area (Å²) in [5.41, 5.74) is 1.15. The van der Waals surface area contributed by atoms with Crippen LogP contribution in [-0.2, 0) is 12.6 Å². The van der Waals surface area contributed by atoms with Crippen molar-refractivity contribution in [1.82, 2.24) is 4.98 Å². The van der Waals surface area contributed by atoms with Crippen LogP contribution < -0.4 is 0 Å². The molecule has 1 N–H and O–H groups in total. The van der Waals surface area contributed by atoms with Gasteiger partial charge in [0.25, 0.3) is 0 Å². The lowest BCUT2D eigenvalue weighted by molar-refractivity contribution is -0.137. The van der Waals surface area contributed by atoms with E-state index in [1.54, 1.807) is 6.92 Å². The summed E-state index contributed by atoms with van der Waals surface area (Å²) >= 11 is 0. The van der Waals surface area contributed by atoms with E-state index in [2.05, 4.69) is 4.98 Å². The van der Waals surface area contributed by atoms with E-state index in [4.69, 9.17) is 4.42 Å². The van der Waals surface area contributed by atoms with Crippen molar-refractivity contribution < 1.29 is 22.7 Å². The molecule has 0 amide bonds. The number of alkyl halides is 3. The smallest absolute Gasteiger partial charge is 0.416 e. The second-order valence-corrected chi connectivity index (χ2v) is 5.75. The fraction of sp³-hybridized carbons (Fsp3) is 0.211. The van der Waals surface area contributed by atoms with Crippen LogP contribution in [0.25, 0.3) is 11.5 Å².